The molecule has 5 heteroatoms. The van der Waals surface area contributed by atoms with Crippen molar-refractivity contribution < 1.29 is 9.47 Å². The Kier molecular flexibility index (Phi) is 3.90. The maximum absolute atomic E-state index is 5.46. The van der Waals surface area contributed by atoms with Gasteiger partial charge in [-0.05, 0) is 32.6 Å². The minimum absolute atomic E-state index is 0.372. The highest BCUT2D eigenvalue weighted by atomic mass is 16.7. The first-order chi connectivity index (χ1) is 7.83. The van der Waals surface area contributed by atoms with Gasteiger partial charge < -0.3 is 9.47 Å². The second kappa shape index (κ2) is 5.41. The Balaban J connectivity index is 1.96. The van der Waals surface area contributed by atoms with Crippen LogP contribution in [0.4, 0.5) is 0 Å². The fourth-order valence-corrected chi connectivity index (χ4v) is 1.60. The van der Waals surface area contributed by atoms with E-state index >= 15 is 0 Å². The number of nitrogens with zero attached hydrogens (tertiary/aromatic N) is 3. The SMILES string of the molecule is CCOC(OCC)c1cn(CC2CC2)nn1. The zero-order chi connectivity index (χ0) is 11.4. The summed E-state index contributed by atoms with van der Waals surface area (Å²) in [5.74, 6) is 0.798. The molecule has 0 amide bonds. The van der Waals surface area contributed by atoms with Gasteiger partial charge >= 0.3 is 0 Å². The van der Waals surface area contributed by atoms with Gasteiger partial charge in [0.25, 0.3) is 0 Å². The largest absolute Gasteiger partial charge is 0.347 e. The van der Waals surface area contributed by atoms with Crippen LogP contribution in [0.1, 0.15) is 38.7 Å². The molecule has 1 aromatic rings. The molecule has 0 aromatic carbocycles. The molecule has 0 aliphatic heterocycles. The number of ether oxygens (including phenoxy) is 2. The van der Waals surface area contributed by atoms with Gasteiger partial charge in [-0.3, -0.25) is 4.68 Å². The molecule has 1 saturated carbocycles. The van der Waals surface area contributed by atoms with E-state index in [2.05, 4.69) is 10.3 Å². The first-order valence-electron chi connectivity index (χ1n) is 5.96. The van der Waals surface area contributed by atoms with E-state index in [0.29, 0.717) is 13.2 Å². The summed E-state index contributed by atoms with van der Waals surface area (Å²) in [6.45, 7) is 6.08. The molecule has 1 heterocycles. The van der Waals surface area contributed by atoms with Gasteiger partial charge in [0.2, 0.25) is 6.29 Å². The van der Waals surface area contributed by atoms with Crippen molar-refractivity contribution in [1.82, 2.24) is 15.0 Å². The van der Waals surface area contributed by atoms with Crippen molar-refractivity contribution in [3.05, 3.63) is 11.9 Å². The fourth-order valence-electron chi connectivity index (χ4n) is 1.60. The molecular formula is C11H19N3O2. The quantitative estimate of drug-likeness (QED) is 0.663. The second-order valence-electron chi connectivity index (χ2n) is 4.05. The lowest BCUT2D eigenvalue weighted by Gasteiger charge is -2.13. The molecule has 0 unspecified atom stereocenters. The van der Waals surface area contributed by atoms with Crippen LogP contribution in [0.3, 0.4) is 0 Å². The molecule has 0 radical (unpaired) electrons. The lowest BCUT2D eigenvalue weighted by Crippen LogP contribution is -2.09. The van der Waals surface area contributed by atoms with Crippen molar-refractivity contribution in [2.24, 2.45) is 5.92 Å². The van der Waals surface area contributed by atoms with Crippen LogP contribution in [-0.2, 0) is 16.0 Å². The highest BCUT2D eigenvalue weighted by molar-refractivity contribution is 4.95. The molecule has 1 aliphatic carbocycles. The van der Waals surface area contributed by atoms with Crippen molar-refractivity contribution in [3.8, 4) is 0 Å². The molecule has 0 atom stereocenters. The van der Waals surface area contributed by atoms with Crippen LogP contribution in [0.15, 0.2) is 6.20 Å². The van der Waals surface area contributed by atoms with Crippen molar-refractivity contribution in [2.45, 2.75) is 39.5 Å². The second-order valence-corrected chi connectivity index (χ2v) is 4.05. The first kappa shape index (κ1) is 11.5. The third-order valence-electron chi connectivity index (χ3n) is 2.58. The van der Waals surface area contributed by atoms with E-state index in [9.17, 15) is 0 Å². The average Bonchev–Trinajstić information content (AvgIpc) is 2.95. The zero-order valence-corrected chi connectivity index (χ0v) is 9.93. The monoisotopic (exact) mass is 225 g/mol. The Morgan fingerprint density at radius 1 is 1.38 bits per heavy atom. The molecule has 0 spiro atoms. The molecule has 1 fully saturated rings. The predicted octanol–water partition coefficient (Wildman–Crippen LogP) is 1.76. The first-order valence-corrected chi connectivity index (χ1v) is 5.96. The zero-order valence-electron chi connectivity index (χ0n) is 9.93. The van der Waals surface area contributed by atoms with Crippen LogP contribution in [0, 0.1) is 5.92 Å². The molecule has 16 heavy (non-hydrogen) atoms. The third-order valence-corrected chi connectivity index (χ3v) is 2.58. The lowest BCUT2D eigenvalue weighted by molar-refractivity contribution is -0.142. The maximum atomic E-state index is 5.46. The van der Waals surface area contributed by atoms with Gasteiger partial charge in [0.05, 0.1) is 6.20 Å². The number of rotatable bonds is 7. The minimum atomic E-state index is -0.372. The summed E-state index contributed by atoms with van der Waals surface area (Å²) in [7, 11) is 0. The molecular weight excluding hydrogens is 206 g/mol. The van der Waals surface area contributed by atoms with Crippen LogP contribution in [0.5, 0.6) is 0 Å². The van der Waals surface area contributed by atoms with E-state index in [-0.39, 0.29) is 6.29 Å². The average molecular weight is 225 g/mol. The number of hydrogen-bond donors (Lipinski definition) is 0. The van der Waals surface area contributed by atoms with Crippen molar-refractivity contribution in [3.63, 3.8) is 0 Å². The van der Waals surface area contributed by atoms with Gasteiger partial charge in [-0.15, -0.1) is 5.10 Å². The van der Waals surface area contributed by atoms with Gasteiger partial charge in [0.15, 0.2) is 0 Å². The number of aromatic nitrogens is 3. The summed E-state index contributed by atoms with van der Waals surface area (Å²) in [5, 5.41) is 8.19. The maximum Gasteiger partial charge on any atom is 0.204 e. The molecule has 2 rings (SSSR count). The molecule has 90 valence electrons. The topological polar surface area (TPSA) is 49.2 Å². The van der Waals surface area contributed by atoms with Crippen LogP contribution >= 0.6 is 0 Å². The van der Waals surface area contributed by atoms with Crippen molar-refractivity contribution in [1.29, 1.82) is 0 Å². The summed E-state index contributed by atoms with van der Waals surface area (Å²) < 4.78 is 12.8. The van der Waals surface area contributed by atoms with E-state index in [4.69, 9.17) is 9.47 Å². The number of hydrogen-bond acceptors (Lipinski definition) is 4. The third kappa shape index (κ3) is 3.02. The van der Waals surface area contributed by atoms with Crippen molar-refractivity contribution >= 4 is 0 Å². The highest BCUT2D eigenvalue weighted by Gasteiger charge is 2.23. The fraction of sp³-hybridized carbons (Fsp3) is 0.818. The Bertz CT molecular complexity index is 317. The Morgan fingerprint density at radius 3 is 2.62 bits per heavy atom. The van der Waals surface area contributed by atoms with Gasteiger partial charge in [0, 0.05) is 19.8 Å². The predicted molar refractivity (Wildman–Crippen MR) is 58.7 cm³/mol. The summed E-state index contributed by atoms with van der Waals surface area (Å²) in [4.78, 5) is 0. The van der Waals surface area contributed by atoms with Crippen molar-refractivity contribution in [2.75, 3.05) is 13.2 Å². The van der Waals surface area contributed by atoms with Gasteiger partial charge in [-0.25, -0.2) is 0 Å². The van der Waals surface area contributed by atoms with Crippen LogP contribution in [0.25, 0.3) is 0 Å². The Labute approximate surface area is 95.7 Å². The molecule has 5 nitrogen and oxygen atoms in total. The van der Waals surface area contributed by atoms with E-state index in [1.54, 1.807) is 0 Å². The van der Waals surface area contributed by atoms with E-state index in [0.717, 1.165) is 18.2 Å². The standard InChI is InChI=1S/C11H19N3O2/c1-3-15-11(16-4-2)10-8-14(13-12-10)7-9-5-6-9/h8-9,11H,3-7H2,1-2H3. The van der Waals surface area contributed by atoms with Gasteiger partial charge in [-0.2, -0.15) is 0 Å². The molecule has 0 saturated heterocycles. The molecule has 0 bridgehead atoms. The van der Waals surface area contributed by atoms with E-state index in [1.165, 1.54) is 12.8 Å². The van der Waals surface area contributed by atoms with Gasteiger partial charge in [0.1, 0.15) is 5.69 Å². The van der Waals surface area contributed by atoms with Crippen LogP contribution in [-0.4, -0.2) is 28.2 Å². The summed E-state index contributed by atoms with van der Waals surface area (Å²) in [6, 6.07) is 0. The normalized spacial score (nSPS) is 15.9. The Morgan fingerprint density at radius 2 is 2.06 bits per heavy atom. The van der Waals surface area contributed by atoms with Gasteiger partial charge in [-0.1, -0.05) is 5.21 Å². The van der Waals surface area contributed by atoms with E-state index < -0.39 is 0 Å². The van der Waals surface area contributed by atoms with Crippen LogP contribution in [0.2, 0.25) is 0 Å². The molecule has 1 aliphatic rings. The minimum Gasteiger partial charge on any atom is -0.347 e. The molecule has 0 N–H and O–H groups in total. The summed E-state index contributed by atoms with van der Waals surface area (Å²) >= 11 is 0. The smallest absolute Gasteiger partial charge is 0.204 e. The summed E-state index contributed by atoms with van der Waals surface area (Å²) in [6.07, 6.45) is 4.18. The summed E-state index contributed by atoms with van der Waals surface area (Å²) in [5.41, 5.74) is 0.768. The van der Waals surface area contributed by atoms with E-state index in [1.807, 2.05) is 24.7 Å². The Hall–Kier alpha value is -0.940. The molecule has 1 aromatic heterocycles. The van der Waals surface area contributed by atoms with Crippen LogP contribution < -0.4 is 0 Å². The highest BCUT2D eigenvalue weighted by Crippen LogP contribution is 2.30. The lowest BCUT2D eigenvalue weighted by atomic mass is 10.4.